The maximum absolute atomic E-state index is 13.1. The largest absolute Gasteiger partial charge is 0.370 e. The number of carbonyl (C=O) groups excluding carboxylic acids is 2. The van der Waals surface area contributed by atoms with Gasteiger partial charge in [-0.15, -0.1) is 10.2 Å². The second kappa shape index (κ2) is 9.96. The lowest BCUT2D eigenvalue weighted by molar-refractivity contribution is -0.118. The first-order valence-electron chi connectivity index (χ1n) is 11.9. The van der Waals surface area contributed by atoms with E-state index in [0.29, 0.717) is 29.0 Å². The Bertz CT molecular complexity index is 1300. The average Bonchev–Trinajstić information content (AvgIpc) is 3.54. The predicted molar refractivity (Wildman–Crippen MR) is 132 cm³/mol. The third-order valence-electron chi connectivity index (χ3n) is 6.43. The van der Waals surface area contributed by atoms with Crippen LogP contribution in [0, 0.1) is 11.3 Å². The Balaban J connectivity index is 1.37. The quantitative estimate of drug-likeness (QED) is 0.443. The normalized spacial score (nSPS) is 14.8. The molecule has 0 atom stereocenters. The fraction of sp³-hybridized carbons (Fsp3) is 0.400. The van der Waals surface area contributed by atoms with Gasteiger partial charge in [-0.25, -0.2) is 0 Å². The van der Waals surface area contributed by atoms with Crippen LogP contribution in [0.25, 0.3) is 5.69 Å². The van der Waals surface area contributed by atoms with Crippen molar-refractivity contribution in [2.45, 2.75) is 62.6 Å². The maximum Gasteiger partial charge on any atom is 0.236 e. The molecule has 3 N–H and O–H groups in total. The first kappa shape index (κ1) is 23.2. The van der Waals surface area contributed by atoms with Crippen molar-refractivity contribution >= 4 is 29.4 Å². The SMILES string of the molecule is N#Cc1c2c(n(-c3ccccc3)c1NC(=O)CSc1nnc(CCC(N)=O)n1C1CC1)CCCC2. The Kier molecular flexibility index (Phi) is 6.59. The van der Waals surface area contributed by atoms with Crippen LogP contribution < -0.4 is 11.1 Å². The number of aryl methyl sites for hydroxylation is 1. The molecule has 0 saturated heterocycles. The minimum Gasteiger partial charge on any atom is -0.370 e. The number of hydrogen-bond donors (Lipinski definition) is 2. The Hall–Kier alpha value is -3.58. The van der Waals surface area contributed by atoms with Crippen molar-refractivity contribution in [3.8, 4) is 11.8 Å². The second-order valence-corrected chi connectivity index (χ2v) is 9.88. The molecule has 3 aromatic rings. The lowest BCUT2D eigenvalue weighted by Gasteiger charge is -2.17. The first-order valence-corrected chi connectivity index (χ1v) is 12.9. The number of nitrogens with two attached hydrogens (primary N) is 1. The van der Waals surface area contributed by atoms with Gasteiger partial charge in [0.15, 0.2) is 5.16 Å². The number of hydrogen-bond acceptors (Lipinski definition) is 6. The number of nitrogens with zero attached hydrogens (tertiary/aromatic N) is 5. The summed E-state index contributed by atoms with van der Waals surface area (Å²) in [6.07, 6.45) is 6.54. The Morgan fingerprint density at radius 2 is 1.94 bits per heavy atom. The number of nitrogens with one attached hydrogen (secondary N) is 1. The number of thioether (sulfide) groups is 1. The highest BCUT2D eigenvalue weighted by Gasteiger charge is 2.30. The molecule has 1 saturated carbocycles. The molecule has 0 radical (unpaired) electrons. The minimum absolute atomic E-state index is 0.135. The van der Waals surface area contributed by atoms with Crippen LogP contribution in [0.1, 0.15) is 60.8 Å². The molecule has 1 fully saturated rings. The zero-order chi connectivity index (χ0) is 24.4. The van der Waals surface area contributed by atoms with E-state index >= 15 is 0 Å². The van der Waals surface area contributed by atoms with Gasteiger partial charge >= 0.3 is 0 Å². The van der Waals surface area contributed by atoms with Crippen molar-refractivity contribution in [1.82, 2.24) is 19.3 Å². The number of nitriles is 1. The number of fused-ring (bicyclic) bond motifs is 1. The Labute approximate surface area is 207 Å². The van der Waals surface area contributed by atoms with E-state index < -0.39 is 0 Å². The maximum atomic E-state index is 13.1. The van der Waals surface area contributed by atoms with E-state index in [1.165, 1.54) is 11.8 Å². The lowest BCUT2D eigenvalue weighted by Crippen LogP contribution is -2.18. The monoisotopic (exact) mass is 489 g/mol. The van der Waals surface area contributed by atoms with E-state index in [9.17, 15) is 14.9 Å². The number of aromatic nitrogens is 4. The molecular weight excluding hydrogens is 462 g/mol. The van der Waals surface area contributed by atoms with E-state index in [-0.39, 0.29) is 24.0 Å². The second-order valence-electron chi connectivity index (χ2n) is 8.94. The van der Waals surface area contributed by atoms with Gasteiger partial charge in [0.05, 0.1) is 11.3 Å². The fourth-order valence-corrected chi connectivity index (χ4v) is 5.53. The van der Waals surface area contributed by atoms with Crippen LogP contribution >= 0.6 is 11.8 Å². The zero-order valence-corrected chi connectivity index (χ0v) is 20.2. The summed E-state index contributed by atoms with van der Waals surface area (Å²) in [5.74, 6) is 0.827. The molecule has 2 aliphatic rings. The van der Waals surface area contributed by atoms with E-state index in [0.717, 1.165) is 61.3 Å². The predicted octanol–water partition coefficient (Wildman–Crippen LogP) is 3.30. The Morgan fingerprint density at radius 3 is 2.66 bits per heavy atom. The van der Waals surface area contributed by atoms with Crippen LogP contribution in [0.3, 0.4) is 0 Å². The summed E-state index contributed by atoms with van der Waals surface area (Å²) in [6.45, 7) is 0. The third kappa shape index (κ3) is 4.82. The van der Waals surface area contributed by atoms with Crippen molar-refractivity contribution in [1.29, 1.82) is 5.26 Å². The van der Waals surface area contributed by atoms with Crippen LogP contribution in [0.4, 0.5) is 5.82 Å². The van der Waals surface area contributed by atoms with Gasteiger partial charge in [-0.05, 0) is 56.2 Å². The zero-order valence-electron chi connectivity index (χ0n) is 19.4. The van der Waals surface area contributed by atoms with Crippen LogP contribution in [0.2, 0.25) is 0 Å². The highest BCUT2D eigenvalue weighted by atomic mass is 32.2. The molecular formula is C25H27N7O2S. The number of primary amides is 1. The van der Waals surface area contributed by atoms with Gasteiger partial charge in [0, 0.05) is 30.3 Å². The Morgan fingerprint density at radius 1 is 1.17 bits per heavy atom. The van der Waals surface area contributed by atoms with Crippen LogP contribution in [0.15, 0.2) is 35.5 Å². The van der Waals surface area contributed by atoms with Crippen molar-refractivity contribution in [3.63, 3.8) is 0 Å². The summed E-state index contributed by atoms with van der Waals surface area (Å²) in [5, 5.41) is 22.2. The molecule has 0 unspecified atom stereocenters. The fourth-order valence-electron chi connectivity index (χ4n) is 4.70. The van der Waals surface area contributed by atoms with Crippen LogP contribution in [-0.2, 0) is 28.9 Å². The molecule has 35 heavy (non-hydrogen) atoms. The molecule has 9 nitrogen and oxygen atoms in total. The topological polar surface area (TPSA) is 132 Å². The van der Waals surface area contributed by atoms with Gasteiger partial charge in [-0.1, -0.05) is 30.0 Å². The number of benzene rings is 1. The summed E-state index contributed by atoms with van der Waals surface area (Å²) in [5.41, 5.74) is 8.93. The van der Waals surface area contributed by atoms with E-state index in [1.807, 2.05) is 39.5 Å². The summed E-state index contributed by atoms with van der Waals surface area (Å²) < 4.78 is 4.07. The van der Waals surface area contributed by atoms with E-state index in [4.69, 9.17) is 5.73 Å². The molecule has 2 aliphatic carbocycles. The van der Waals surface area contributed by atoms with Crippen molar-refractivity contribution in [3.05, 3.63) is 53.0 Å². The van der Waals surface area contributed by atoms with Gasteiger partial charge < -0.3 is 15.6 Å². The molecule has 0 aliphatic heterocycles. The molecule has 10 heteroatoms. The van der Waals surface area contributed by atoms with Crippen LogP contribution in [-0.4, -0.2) is 36.9 Å². The van der Waals surface area contributed by atoms with Gasteiger partial charge in [-0.3, -0.25) is 14.2 Å². The molecule has 2 aromatic heterocycles. The van der Waals surface area contributed by atoms with E-state index in [1.54, 1.807) is 0 Å². The van der Waals surface area contributed by atoms with Gasteiger partial charge in [0.2, 0.25) is 11.8 Å². The standard InChI is InChI=1S/C25H27N7O2S/c26-14-19-18-8-4-5-9-20(18)31(16-6-2-1-3-7-16)24(19)28-23(34)15-35-25-30-29-22(13-12-21(27)33)32(25)17-10-11-17/h1-3,6-7,17H,4-5,8-13,15H2,(H2,27,33)(H,28,34). The number of anilines is 1. The molecule has 1 aromatic carbocycles. The highest BCUT2D eigenvalue weighted by molar-refractivity contribution is 7.99. The number of rotatable bonds is 9. The van der Waals surface area contributed by atoms with Gasteiger partial charge in [0.25, 0.3) is 0 Å². The van der Waals surface area contributed by atoms with Crippen molar-refractivity contribution in [2.24, 2.45) is 5.73 Å². The third-order valence-corrected chi connectivity index (χ3v) is 7.37. The number of carbonyl (C=O) groups is 2. The summed E-state index contributed by atoms with van der Waals surface area (Å²) in [6, 6.07) is 12.5. The highest BCUT2D eigenvalue weighted by Crippen LogP contribution is 2.39. The number of amides is 2. The molecule has 2 amide bonds. The molecule has 0 spiro atoms. The molecule has 180 valence electrons. The van der Waals surface area contributed by atoms with E-state index in [2.05, 4.69) is 21.6 Å². The molecule has 0 bridgehead atoms. The lowest BCUT2D eigenvalue weighted by atomic mass is 9.95. The molecule has 5 rings (SSSR count). The number of para-hydroxylation sites is 1. The van der Waals surface area contributed by atoms with Gasteiger partial charge in [-0.2, -0.15) is 5.26 Å². The van der Waals surface area contributed by atoms with Crippen molar-refractivity contribution in [2.75, 3.05) is 11.1 Å². The first-order chi connectivity index (χ1) is 17.1. The summed E-state index contributed by atoms with van der Waals surface area (Å²) >= 11 is 1.32. The van der Waals surface area contributed by atoms with Crippen molar-refractivity contribution < 1.29 is 9.59 Å². The summed E-state index contributed by atoms with van der Waals surface area (Å²) in [7, 11) is 0. The van der Waals surface area contributed by atoms with Crippen LogP contribution in [0.5, 0.6) is 0 Å². The van der Waals surface area contributed by atoms with Gasteiger partial charge in [0.1, 0.15) is 17.7 Å². The summed E-state index contributed by atoms with van der Waals surface area (Å²) in [4.78, 5) is 24.3. The minimum atomic E-state index is -0.374. The average molecular weight is 490 g/mol. The molecule has 2 heterocycles. The smallest absolute Gasteiger partial charge is 0.236 e.